The molecule has 1 saturated carbocycles. The highest BCUT2D eigenvalue weighted by molar-refractivity contribution is 5.98. The number of fused-ring (bicyclic) bond motifs is 1. The fourth-order valence-corrected chi connectivity index (χ4v) is 4.50. The van der Waals surface area contributed by atoms with Crippen LogP contribution in [0.4, 0.5) is 27.9 Å². The lowest BCUT2D eigenvalue weighted by atomic mass is 9.96. The Balaban J connectivity index is 1.32. The van der Waals surface area contributed by atoms with Gasteiger partial charge in [0.25, 0.3) is 0 Å². The summed E-state index contributed by atoms with van der Waals surface area (Å²) in [5, 5.41) is 13.3. The van der Waals surface area contributed by atoms with Crippen molar-refractivity contribution < 1.29 is 4.79 Å². The van der Waals surface area contributed by atoms with E-state index in [-0.39, 0.29) is 12.1 Å². The van der Waals surface area contributed by atoms with Gasteiger partial charge >= 0.3 is 6.03 Å². The predicted octanol–water partition coefficient (Wildman–Crippen LogP) is 3.63. The van der Waals surface area contributed by atoms with Crippen LogP contribution in [0.25, 0.3) is 11.0 Å². The van der Waals surface area contributed by atoms with Crippen LogP contribution < -0.4 is 26.2 Å². The lowest BCUT2D eigenvalue weighted by Crippen LogP contribution is -2.43. The molecule has 2 fully saturated rings. The van der Waals surface area contributed by atoms with Crippen LogP contribution in [0.3, 0.4) is 0 Å². The Morgan fingerprint density at radius 2 is 1.79 bits per heavy atom. The Morgan fingerprint density at radius 1 is 1.00 bits per heavy atom. The van der Waals surface area contributed by atoms with Crippen LogP contribution >= 0.6 is 0 Å². The molecule has 5 rings (SSSR count). The topological polar surface area (TPSA) is 107 Å². The van der Waals surface area contributed by atoms with Crippen LogP contribution in [0.2, 0.25) is 0 Å². The molecule has 0 spiro atoms. The molecule has 2 aliphatic rings. The molecule has 172 valence electrons. The molecule has 2 aromatic heterocycles. The van der Waals surface area contributed by atoms with Gasteiger partial charge in [-0.25, -0.2) is 9.78 Å². The van der Waals surface area contributed by atoms with Crippen LogP contribution in [-0.2, 0) is 0 Å². The van der Waals surface area contributed by atoms with E-state index in [4.69, 9.17) is 0 Å². The van der Waals surface area contributed by atoms with E-state index >= 15 is 0 Å². The van der Waals surface area contributed by atoms with Crippen molar-refractivity contribution in [3.8, 4) is 0 Å². The second kappa shape index (κ2) is 9.99. The fourth-order valence-electron chi connectivity index (χ4n) is 4.50. The highest BCUT2D eigenvalue weighted by atomic mass is 16.2. The average Bonchev–Trinajstić information content (AvgIpc) is 2.86. The number of rotatable bonds is 5. The van der Waals surface area contributed by atoms with Crippen molar-refractivity contribution in [2.75, 3.05) is 41.7 Å². The minimum absolute atomic E-state index is 0.219. The van der Waals surface area contributed by atoms with Gasteiger partial charge in [-0.05, 0) is 49.2 Å². The number of amides is 2. The van der Waals surface area contributed by atoms with Crippen molar-refractivity contribution in [1.29, 1.82) is 0 Å². The van der Waals surface area contributed by atoms with E-state index in [0.29, 0.717) is 22.8 Å². The molecular weight excluding hydrogens is 416 g/mol. The molecule has 0 radical (unpaired) electrons. The number of anilines is 4. The maximum atomic E-state index is 12.6. The summed E-state index contributed by atoms with van der Waals surface area (Å²) in [6.07, 6.45) is 7.30. The second-order valence-corrected chi connectivity index (χ2v) is 8.61. The first-order valence-electron chi connectivity index (χ1n) is 11.8. The smallest absolute Gasteiger partial charge is 0.320 e. The fraction of sp³-hybridized carbons (Fsp3) is 0.417. The van der Waals surface area contributed by atoms with E-state index in [1.54, 1.807) is 6.20 Å². The van der Waals surface area contributed by atoms with Crippen molar-refractivity contribution >= 4 is 40.2 Å². The van der Waals surface area contributed by atoms with Crippen LogP contribution in [0.5, 0.6) is 0 Å². The maximum Gasteiger partial charge on any atom is 0.320 e. The largest absolute Gasteiger partial charge is 0.369 e. The molecule has 9 nitrogen and oxygen atoms in total. The number of hydrogen-bond donors (Lipinski definition) is 4. The summed E-state index contributed by atoms with van der Waals surface area (Å²) < 4.78 is 0. The highest BCUT2D eigenvalue weighted by Gasteiger charge is 2.17. The van der Waals surface area contributed by atoms with Crippen LogP contribution in [-0.4, -0.2) is 53.2 Å². The van der Waals surface area contributed by atoms with Gasteiger partial charge in [0.05, 0.1) is 5.39 Å². The summed E-state index contributed by atoms with van der Waals surface area (Å²) in [6.45, 7) is 4.01. The number of carbonyl (C=O) groups excluding carboxylic acids is 1. The van der Waals surface area contributed by atoms with Gasteiger partial charge < -0.3 is 20.9 Å². The number of aromatic nitrogens is 3. The molecule has 1 aliphatic carbocycles. The molecule has 1 aromatic carbocycles. The normalized spacial score (nSPS) is 17.0. The van der Waals surface area contributed by atoms with Crippen molar-refractivity contribution in [2.24, 2.45) is 0 Å². The Hall–Kier alpha value is -3.46. The van der Waals surface area contributed by atoms with Crippen LogP contribution in [0, 0.1) is 0 Å². The van der Waals surface area contributed by atoms with Gasteiger partial charge in [-0.3, -0.25) is 5.32 Å². The first kappa shape index (κ1) is 21.4. The molecule has 0 atom stereocenters. The molecule has 0 unspecified atom stereocenters. The first-order chi connectivity index (χ1) is 16.2. The molecule has 3 heterocycles. The quantitative estimate of drug-likeness (QED) is 0.474. The molecule has 4 N–H and O–H groups in total. The second-order valence-electron chi connectivity index (χ2n) is 8.61. The molecule has 9 heteroatoms. The van der Waals surface area contributed by atoms with Crippen molar-refractivity contribution in [1.82, 2.24) is 25.6 Å². The van der Waals surface area contributed by atoms with Gasteiger partial charge in [0.1, 0.15) is 5.82 Å². The standard InChI is InChI=1S/C24H30N8O/c33-24(28-17-5-2-1-3-6-17)31-22-20-7-4-12-26-21(20)29-23(30-22)27-18-8-10-19(11-9-18)32-15-13-25-14-16-32/h4,7-12,17,25H,1-3,5-6,13-16H2,(H3,26,27,28,29,30,31,33). The highest BCUT2D eigenvalue weighted by Crippen LogP contribution is 2.24. The van der Waals surface area contributed by atoms with E-state index in [0.717, 1.165) is 57.5 Å². The Kier molecular flexibility index (Phi) is 6.48. The Labute approximate surface area is 193 Å². The monoisotopic (exact) mass is 446 g/mol. The molecule has 33 heavy (non-hydrogen) atoms. The van der Waals surface area contributed by atoms with E-state index < -0.39 is 0 Å². The SMILES string of the molecule is O=C(Nc1nc(Nc2ccc(N3CCNCC3)cc2)nc2ncccc12)NC1CCCCC1. The third-order valence-electron chi connectivity index (χ3n) is 6.25. The number of pyridine rings is 1. The van der Waals surface area contributed by atoms with E-state index in [2.05, 4.69) is 53.3 Å². The first-order valence-corrected chi connectivity index (χ1v) is 11.8. The lowest BCUT2D eigenvalue weighted by Gasteiger charge is -2.29. The van der Waals surface area contributed by atoms with Crippen LogP contribution in [0.1, 0.15) is 32.1 Å². The minimum Gasteiger partial charge on any atom is -0.369 e. The Morgan fingerprint density at radius 3 is 2.58 bits per heavy atom. The summed E-state index contributed by atoms with van der Waals surface area (Å²) in [5.74, 6) is 0.838. The minimum atomic E-state index is -0.239. The number of urea groups is 1. The van der Waals surface area contributed by atoms with Gasteiger partial charge in [0.2, 0.25) is 5.95 Å². The number of hydrogen-bond acceptors (Lipinski definition) is 7. The lowest BCUT2D eigenvalue weighted by molar-refractivity contribution is 0.244. The summed E-state index contributed by atoms with van der Waals surface area (Å²) in [6, 6.07) is 11.9. The number of nitrogens with one attached hydrogen (secondary N) is 4. The molecule has 2 amide bonds. The summed E-state index contributed by atoms with van der Waals surface area (Å²) >= 11 is 0. The zero-order valence-corrected chi connectivity index (χ0v) is 18.7. The van der Waals surface area contributed by atoms with Gasteiger partial charge in [-0.15, -0.1) is 0 Å². The summed E-state index contributed by atoms with van der Waals surface area (Å²) in [7, 11) is 0. The van der Waals surface area contributed by atoms with E-state index in [1.165, 1.54) is 12.1 Å². The van der Waals surface area contributed by atoms with Gasteiger partial charge in [-0.1, -0.05) is 19.3 Å². The average molecular weight is 447 g/mol. The van der Waals surface area contributed by atoms with Gasteiger partial charge in [0, 0.05) is 49.8 Å². The third kappa shape index (κ3) is 5.31. The molecule has 1 aliphatic heterocycles. The molecular formula is C24H30N8O. The zero-order chi connectivity index (χ0) is 22.5. The van der Waals surface area contributed by atoms with Crippen molar-refractivity contribution in [2.45, 2.75) is 38.1 Å². The zero-order valence-electron chi connectivity index (χ0n) is 18.7. The van der Waals surface area contributed by atoms with Gasteiger partial charge in [-0.2, -0.15) is 9.97 Å². The van der Waals surface area contributed by atoms with Crippen molar-refractivity contribution in [3.05, 3.63) is 42.6 Å². The number of piperazine rings is 1. The Bertz CT molecular complexity index is 1090. The summed E-state index contributed by atoms with van der Waals surface area (Å²) in [5.41, 5.74) is 2.60. The molecule has 1 saturated heterocycles. The third-order valence-corrected chi connectivity index (χ3v) is 6.25. The number of carbonyl (C=O) groups is 1. The van der Waals surface area contributed by atoms with Gasteiger partial charge in [0.15, 0.2) is 5.65 Å². The number of benzene rings is 1. The predicted molar refractivity (Wildman–Crippen MR) is 131 cm³/mol. The van der Waals surface area contributed by atoms with E-state index in [1.807, 2.05) is 24.3 Å². The molecule has 3 aromatic rings. The van der Waals surface area contributed by atoms with Crippen LogP contribution in [0.15, 0.2) is 42.6 Å². The van der Waals surface area contributed by atoms with Crippen molar-refractivity contribution in [3.63, 3.8) is 0 Å². The number of nitrogens with zero attached hydrogens (tertiary/aromatic N) is 4. The maximum absolute atomic E-state index is 12.6. The summed E-state index contributed by atoms with van der Waals surface area (Å²) in [4.78, 5) is 28.5. The van der Waals surface area contributed by atoms with E-state index in [9.17, 15) is 4.79 Å². The molecule has 0 bridgehead atoms.